The van der Waals surface area contributed by atoms with E-state index in [2.05, 4.69) is 13.8 Å². The van der Waals surface area contributed by atoms with Crippen LogP contribution in [-0.4, -0.2) is 12.6 Å². The Morgan fingerprint density at radius 2 is 2.14 bits per heavy atom. The molecule has 2 heteroatoms. The van der Waals surface area contributed by atoms with Crippen LogP contribution in [-0.2, 0) is 9.53 Å². The maximum Gasteiger partial charge on any atom is 0.302 e. The normalized spacial score (nSPS) is 27.7. The second kappa shape index (κ2) is 5.38. The minimum atomic E-state index is -0.142. The van der Waals surface area contributed by atoms with Crippen LogP contribution in [0.5, 0.6) is 0 Å². The predicted octanol–water partition coefficient (Wildman–Crippen LogP) is 3.01. The molecule has 2 unspecified atom stereocenters. The largest absolute Gasteiger partial charge is 0.466 e. The van der Waals surface area contributed by atoms with Crippen LogP contribution in [0, 0.1) is 17.8 Å². The summed E-state index contributed by atoms with van der Waals surface area (Å²) in [5.41, 5.74) is 0. The lowest BCUT2D eigenvalue weighted by molar-refractivity contribution is -0.142. The van der Waals surface area contributed by atoms with E-state index in [4.69, 9.17) is 4.74 Å². The van der Waals surface area contributed by atoms with Gasteiger partial charge in [-0.15, -0.1) is 0 Å². The molecular formula is C12H22O2. The van der Waals surface area contributed by atoms with E-state index in [0.29, 0.717) is 12.5 Å². The molecule has 0 aromatic rings. The van der Waals surface area contributed by atoms with Gasteiger partial charge in [0.1, 0.15) is 0 Å². The van der Waals surface area contributed by atoms with Crippen molar-refractivity contribution in [2.75, 3.05) is 6.61 Å². The molecule has 0 aliphatic heterocycles. The standard InChI is InChI=1S/C12H22O2/c1-9(2)12-6-4-5-11(7-12)8-14-10(3)13/h9,11-12H,4-8H2,1-3H3. The molecule has 0 heterocycles. The number of ether oxygens (including phenoxy) is 1. The molecule has 14 heavy (non-hydrogen) atoms. The summed E-state index contributed by atoms with van der Waals surface area (Å²) < 4.78 is 5.07. The smallest absolute Gasteiger partial charge is 0.302 e. The first-order valence-electron chi connectivity index (χ1n) is 5.73. The zero-order valence-electron chi connectivity index (χ0n) is 9.58. The number of carbonyl (C=O) groups excluding carboxylic acids is 1. The Kier molecular flexibility index (Phi) is 4.43. The fourth-order valence-corrected chi connectivity index (χ4v) is 2.32. The predicted molar refractivity (Wildman–Crippen MR) is 56.9 cm³/mol. The molecule has 0 spiro atoms. The fraction of sp³-hybridized carbons (Fsp3) is 0.917. The Balaban J connectivity index is 2.29. The third-order valence-corrected chi connectivity index (χ3v) is 3.29. The first-order chi connectivity index (χ1) is 6.59. The molecule has 0 bridgehead atoms. The van der Waals surface area contributed by atoms with E-state index in [9.17, 15) is 4.79 Å². The highest BCUT2D eigenvalue weighted by Gasteiger charge is 2.24. The Morgan fingerprint density at radius 1 is 1.43 bits per heavy atom. The summed E-state index contributed by atoms with van der Waals surface area (Å²) in [6.45, 7) is 6.71. The van der Waals surface area contributed by atoms with Crippen LogP contribution in [0.4, 0.5) is 0 Å². The molecular weight excluding hydrogens is 176 g/mol. The molecule has 0 saturated heterocycles. The molecule has 0 aromatic carbocycles. The minimum absolute atomic E-state index is 0.142. The number of esters is 1. The van der Waals surface area contributed by atoms with Crippen LogP contribution in [0.1, 0.15) is 46.5 Å². The molecule has 0 amide bonds. The second-order valence-electron chi connectivity index (χ2n) is 4.84. The lowest BCUT2D eigenvalue weighted by Crippen LogP contribution is -2.23. The molecule has 0 radical (unpaired) electrons. The zero-order chi connectivity index (χ0) is 10.6. The highest BCUT2D eigenvalue weighted by Crippen LogP contribution is 2.33. The molecule has 2 nitrogen and oxygen atoms in total. The lowest BCUT2D eigenvalue weighted by Gasteiger charge is -2.31. The van der Waals surface area contributed by atoms with E-state index in [1.807, 2.05) is 0 Å². The maximum atomic E-state index is 10.7. The van der Waals surface area contributed by atoms with Crippen molar-refractivity contribution >= 4 is 5.97 Å². The SMILES string of the molecule is CC(=O)OCC1CCCC(C(C)C)C1. The van der Waals surface area contributed by atoms with Crippen LogP contribution in [0.25, 0.3) is 0 Å². The van der Waals surface area contributed by atoms with Gasteiger partial charge in [-0.2, -0.15) is 0 Å². The molecule has 0 aromatic heterocycles. The summed E-state index contributed by atoms with van der Waals surface area (Å²) in [6, 6.07) is 0. The van der Waals surface area contributed by atoms with Crippen molar-refractivity contribution in [2.45, 2.75) is 46.5 Å². The third-order valence-electron chi connectivity index (χ3n) is 3.29. The van der Waals surface area contributed by atoms with Crippen molar-refractivity contribution in [1.82, 2.24) is 0 Å². The molecule has 1 saturated carbocycles. The van der Waals surface area contributed by atoms with E-state index >= 15 is 0 Å². The Labute approximate surface area is 87.0 Å². The van der Waals surface area contributed by atoms with Crippen molar-refractivity contribution in [3.8, 4) is 0 Å². The Bertz CT molecular complexity index is 187. The number of rotatable bonds is 3. The molecule has 1 aliphatic rings. The van der Waals surface area contributed by atoms with Gasteiger partial charge >= 0.3 is 5.97 Å². The average Bonchev–Trinajstić information content (AvgIpc) is 2.15. The molecule has 1 fully saturated rings. The van der Waals surface area contributed by atoms with Gasteiger partial charge in [0.2, 0.25) is 0 Å². The van der Waals surface area contributed by atoms with Crippen LogP contribution in [0.3, 0.4) is 0 Å². The molecule has 1 aliphatic carbocycles. The van der Waals surface area contributed by atoms with Gasteiger partial charge in [-0.25, -0.2) is 0 Å². The van der Waals surface area contributed by atoms with Crippen LogP contribution < -0.4 is 0 Å². The van der Waals surface area contributed by atoms with Crippen molar-refractivity contribution in [1.29, 1.82) is 0 Å². The second-order valence-corrected chi connectivity index (χ2v) is 4.84. The van der Waals surface area contributed by atoms with Gasteiger partial charge in [0.05, 0.1) is 6.61 Å². The zero-order valence-corrected chi connectivity index (χ0v) is 9.58. The number of hydrogen-bond acceptors (Lipinski definition) is 2. The van der Waals surface area contributed by atoms with Gasteiger partial charge in [0.15, 0.2) is 0 Å². The Morgan fingerprint density at radius 3 is 2.71 bits per heavy atom. The van der Waals surface area contributed by atoms with E-state index < -0.39 is 0 Å². The van der Waals surface area contributed by atoms with Gasteiger partial charge in [-0.05, 0) is 30.6 Å². The van der Waals surface area contributed by atoms with E-state index in [0.717, 1.165) is 11.8 Å². The number of hydrogen-bond donors (Lipinski definition) is 0. The summed E-state index contributed by atoms with van der Waals surface area (Å²) in [6.07, 6.45) is 5.13. The first-order valence-corrected chi connectivity index (χ1v) is 5.73. The number of carbonyl (C=O) groups is 1. The van der Waals surface area contributed by atoms with Crippen LogP contribution in [0.2, 0.25) is 0 Å². The van der Waals surface area contributed by atoms with Crippen molar-refractivity contribution in [2.24, 2.45) is 17.8 Å². The lowest BCUT2D eigenvalue weighted by atomic mass is 9.76. The third kappa shape index (κ3) is 3.69. The van der Waals surface area contributed by atoms with E-state index in [1.165, 1.54) is 32.6 Å². The van der Waals surface area contributed by atoms with Crippen molar-refractivity contribution in [3.05, 3.63) is 0 Å². The van der Waals surface area contributed by atoms with Gasteiger partial charge in [-0.3, -0.25) is 4.79 Å². The fourth-order valence-electron chi connectivity index (χ4n) is 2.32. The maximum absolute atomic E-state index is 10.7. The summed E-state index contributed by atoms with van der Waals surface area (Å²) in [4.78, 5) is 10.7. The van der Waals surface area contributed by atoms with Crippen molar-refractivity contribution < 1.29 is 9.53 Å². The summed E-state index contributed by atoms with van der Waals surface area (Å²) in [5.74, 6) is 2.08. The minimum Gasteiger partial charge on any atom is -0.466 e. The van der Waals surface area contributed by atoms with Gasteiger partial charge in [0, 0.05) is 6.92 Å². The topological polar surface area (TPSA) is 26.3 Å². The summed E-state index contributed by atoms with van der Waals surface area (Å²) in [7, 11) is 0. The van der Waals surface area contributed by atoms with Gasteiger partial charge < -0.3 is 4.74 Å². The molecule has 0 N–H and O–H groups in total. The quantitative estimate of drug-likeness (QED) is 0.652. The van der Waals surface area contributed by atoms with Crippen LogP contribution in [0.15, 0.2) is 0 Å². The van der Waals surface area contributed by atoms with Gasteiger partial charge in [0.25, 0.3) is 0 Å². The van der Waals surface area contributed by atoms with E-state index in [1.54, 1.807) is 0 Å². The van der Waals surface area contributed by atoms with Crippen molar-refractivity contribution in [3.63, 3.8) is 0 Å². The first kappa shape index (κ1) is 11.5. The average molecular weight is 198 g/mol. The monoisotopic (exact) mass is 198 g/mol. The Hall–Kier alpha value is -0.530. The van der Waals surface area contributed by atoms with Gasteiger partial charge in [-0.1, -0.05) is 26.7 Å². The highest BCUT2D eigenvalue weighted by molar-refractivity contribution is 5.65. The molecule has 1 rings (SSSR count). The van der Waals surface area contributed by atoms with E-state index in [-0.39, 0.29) is 5.97 Å². The molecule has 82 valence electrons. The highest BCUT2D eigenvalue weighted by atomic mass is 16.5. The molecule has 2 atom stereocenters. The summed E-state index contributed by atoms with van der Waals surface area (Å²) in [5, 5.41) is 0. The summed E-state index contributed by atoms with van der Waals surface area (Å²) >= 11 is 0. The van der Waals surface area contributed by atoms with Crippen LogP contribution >= 0.6 is 0 Å².